The third-order valence-corrected chi connectivity index (χ3v) is 1.85. The van der Waals surface area contributed by atoms with E-state index in [1.807, 2.05) is 0 Å². The normalized spacial score (nSPS) is 11.7. The molecule has 1 heterocycles. The Hall–Kier alpha value is -0.920. The van der Waals surface area contributed by atoms with E-state index in [1.54, 1.807) is 0 Å². The molecule has 0 spiro atoms. The molecule has 0 fully saturated rings. The van der Waals surface area contributed by atoms with Gasteiger partial charge in [-0.2, -0.15) is 10.2 Å². The zero-order valence-electron chi connectivity index (χ0n) is 8.96. The third kappa shape index (κ3) is 3.53. The van der Waals surface area contributed by atoms with Gasteiger partial charge in [-0.15, -0.1) is 0 Å². The fourth-order valence-corrected chi connectivity index (χ4v) is 1.21. The van der Waals surface area contributed by atoms with Gasteiger partial charge in [0.25, 0.3) is 0 Å². The predicted octanol–water partition coefficient (Wildman–Crippen LogP) is 2.63. The highest BCUT2D eigenvalue weighted by Crippen LogP contribution is 2.18. The Kier molecular flexibility index (Phi) is 3.02. The second kappa shape index (κ2) is 3.86. The summed E-state index contributed by atoms with van der Waals surface area (Å²) < 4.78 is 0. The molecule has 0 saturated carbocycles. The van der Waals surface area contributed by atoms with E-state index in [1.165, 1.54) is 0 Å². The maximum Gasteiger partial charge on any atom is 0.0636 e. The maximum atomic E-state index is 4.18. The van der Waals surface area contributed by atoms with Gasteiger partial charge in [-0.1, -0.05) is 27.7 Å². The molecule has 0 bridgehead atoms. The van der Waals surface area contributed by atoms with Crippen LogP contribution in [-0.4, -0.2) is 10.2 Å². The van der Waals surface area contributed by atoms with Crippen molar-refractivity contribution in [3.63, 3.8) is 0 Å². The van der Waals surface area contributed by atoms with Gasteiger partial charge in [0.15, 0.2) is 0 Å². The third-order valence-electron chi connectivity index (χ3n) is 1.85. The molecule has 1 rings (SSSR count). The van der Waals surface area contributed by atoms with Gasteiger partial charge in [0.05, 0.1) is 11.4 Å². The summed E-state index contributed by atoms with van der Waals surface area (Å²) >= 11 is 0. The first-order valence-corrected chi connectivity index (χ1v) is 4.83. The lowest BCUT2D eigenvalue weighted by atomic mass is 9.90. The van der Waals surface area contributed by atoms with Crippen LogP contribution in [0.1, 0.15) is 39.1 Å². The first-order chi connectivity index (χ1) is 6.01. The molecular formula is C11H18N2. The Morgan fingerprint density at radius 1 is 1.08 bits per heavy atom. The molecule has 0 atom stereocenters. The van der Waals surface area contributed by atoms with Crippen LogP contribution in [0.2, 0.25) is 0 Å². The Labute approximate surface area is 80.4 Å². The molecule has 1 aromatic heterocycles. The van der Waals surface area contributed by atoms with E-state index in [9.17, 15) is 0 Å². The van der Waals surface area contributed by atoms with Gasteiger partial charge in [0.1, 0.15) is 0 Å². The van der Waals surface area contributed by atoms with E-state index < -0.39 is 0 Å². The van der Waals surface area contributed by atoms with E-state index in [0.717, 1.165) is 24.2 Å². The second-order valence-corrected chi connectivity index (χ2v) is 4.61. The molecule has 0 unspecified atom stereocenters. The largest absolute Gasteiger partial charge is 0.155 e. The molecule has 0 aliphatic carbocycles. The molecule has 0 aliphatic heterocycles. The first kappa shape index (κ1) is 10.2. The highest BCUT2D eigenvalue weighted by molar-refractivity contribution is 5.07. The van der Waals surface area contributed by atoms with Crippen molar-refractivity contribution in [2.75, 3.05) is 0 Å². The van der Waals surface area contributed by atoms with Crippen LogP contribution < -0.4 is 0 Å². The predicted molar refractivity (Wildman–Crippen MR) is 54.6 cm³/mol. The minimum absolute atomic E-state index is 0.294. The summed E-state index contributed by atoms with van der Waals surface area (Å²) in [7, 11) is 0. The van der Waals surface area contributed by atoms with Crippen LogP contribution in [-0.2, 0) is 12.8 Å². The number of aryl methyl sites for hydroxylation is 1. The highest BCUT2D eigenvalue weighted by Gasteiger charge is 2.12. The van der Waals surface area contributed by atoms with Crippen LogP contribution >= 0.6 is 0 Å². The average Bonchev–Trinajstić information content (AvgIpc) is 2.03. The summed E-state index contributed by atoms with van der Waals surface area (Å²) in [5.41, 5.74) is 2.45. The number of nitrogens with zero attached hydrogens (tertiary/aromatic N) is 2. The van der Waals surface area contributed by atoms with E-state index in [2.05, 4.69) is 50.0 Å². The molecule has 0 radical (unpaired) electrons. The van der Waals surface area contributed by atoms with E-state index >= 15 is 0 Å². The Balaban J connectivity index is 2.70. The average molecular weight is 178 g/mol. The fraction of sp³-hybridized carbons (Fsp3) is 0.636. The fourth-order valence-electron chi connectivity index (χ4n) is 1.21. The molecule has 0 aliphatic rings. The number of hydrogen-bond donors (Lipinski definition) is 0. The summed E-state index contributed by atoms with van der Waals surface area (Å²) in [5, 5.41) is 8.32. The quantitative estimate of drug-likeness (QED) is 0.695. The van der Waals surface area contributed by atoms with Crippen molar-refractivity contribution >= 4 is 0 Å². The lowest BCUT2D eigenvalue weighted by Crippen LogP contribution is -2.11. The van der Waals surface area contributed by atoms with Crippen LogP contribution in [0.3, 0.4) is 0 Å². The van der Waals surface area contributed by atoms with Crippen LogP contribution in [0.4, 0.5) is 0 Å². The van der Waals surface area contributed by atoms with Crippen molar-refractivity contribution in [2.45, 2.75) is 40.5 Å². The molecule has 1 aromatic rings. The van der Waals surface area contributed by atoms with Gasteiger partial charge in [0, 0.05) is 0 Å². The van der Waals surface area contributed by atoms with E-state index in [0.29, 0.717) is 5.41 Å². The smallest absolute Gasteiger partial charge is 0.0636 e. The topological polar surface area (TPSA) is 25.8 Å². The van der Waals surface area contributed by atoms with Crippen LogP contribution in [0.5, 0.6) is 0 Å². The lowest BCUT2D eigenvalue weighted by molar-refractivity contribution is 0.404. The van der Waals surface area contributed by atoms with Gasteiger partial charge >= 0.3 is 0 Å². The van der Waals surface area contributed by atoms with Crippen molar-refractivity contribution in [2.24, 2.45) is 5.41 Å². The molecule has 0 amide bonds. The first-order valence-electron chi connectivity index (χ1n) is 4.83. The summed E-state index contributed by atoms with van der Waals surface area (Å²) in [5.74, 6) is 0. The molecule has 72 valence electrons. The Bertz CT molecular complexity index is 256. The summed E-state index contributed by atoms with van der Waals surface area (Å²) in [6, 6.07) is 4.14. The molecule has 2 nitrogen and oxygen atoms in total. The standard InChI is InChI=1S/C11H18N2/c1-5-9-6-7-10(13-12-9)8-11(2,3)4/h6-7H,5,8H2,1-4H3. The molecule has 2 heteroatoms. The van der Waals surface area contributed by atoms with Crippen LogP contribution in [0.15, 0.2) is 12.1 Å². The van der Waals surface area contributed by atoms with Crippen molar-refractivity contribution in [3.05, 3.63) is 23.5 Å². The van der Waals surface area contributed by atoms with Gasteiger partial charge in [0.2, 0.25) is 0 Å². The van der Waals surface area contributed by atoms with Gasteiger partial charge in [-0.05, 0) is 30.4 Å². The van der Waals surface area contributed by atoms with E-state index in [-0.39, 0.29) is 0 Å². The molecule has 13 heavy (non-hydrogen) atoms. The van der Waals surface area contributed by atoms with Gasteiger partial charge < -0.3 is 0 Å². The number of rotatable bonds is 2. The molecule has 0 saturated heterocycles. The molecule has 0 aromatic carbocycles. The summed E-state index contributed by atoms with van der Waals surface area (Å²) in [4.78, 5) is 0. The maximum absolute atomic E-state index is 4.18. The Morgan fingerprint density at radius 2 is 1.62 bits per heavy atom. The number of hydrogen-bond acceptors (Lipinski definition) is 2. The Morgan fingerprint density at radius 3 is 2.00 bits per heavy atom. The van der Waals surface area contributed by atoms with Crippen molar-refractivity contribution in [1.29, 1.82) is 0 Å². The minimum atomic E-state index is 0.294. The van der Waals surface area contributed by atoms with Gasteiger partial charge in [-0.25, -0.2) is 0 Å². The zero-order chi connectivity index (χ0) is 9.90. The molecule has 0 N–H and O–H groups in total. The van der Waals surface area contributed by atoms with E-state index in [4.69, 9.17) is 0 Å². The van der Waals surface area contributed by atoms with Crippen molar-refractivity contribution in [3.8, 4) is 0 Å². The minimum Gasteiger partial charge on any atom is -0.155 e. The SMILES string of the molecule is CCc1ccc(CC(C)(C)C)nn1. The van der Waals surface area contributed by atoms with Crippen molar-refractivity contribution < 1.29 is 0 Å². The van der Waals surface area contributed by atoms with Crippen LogP contribution in [0, 0.1) is 5.41 Å². The highest BCUT2D eigenvalue weighted by atomic mass is 15.1. The zero-order valence-corrected chi connectivity index (χ0v) is 8.96. The lowest BCUT2D eigenvalue weighted by Gasteiger charge is -2.16. The van der Waals surface area contributed by atoms with Crippen LogP contribution in [0.25, 0.3) is 0 Å². The summed E-state index contributed by atoms with van der Waals surface area (Å²) in [6.07, 6.45) is 1.95. The van der Waals surface area contributed by atoms with Gasteiger partial charge in [-0.3, -0.25) is 0 Å². The monoisotopic (exact) mass is 178 g/mol. The number of aromatic nitrogens is 2. The second-order valence-electron chi connectivity index (χ2n) is 4.61. The van der Waals surface area contributed by atoms with Crippen molar-refractivity contribution in [1.82, 2.24) is 10.2 Å². The molecular weight excluding hydrogens is 160 g/mol. The summed E-state index contributed by atoms with van der Waals surface area (Å²) in [6.45, 7) is 8.72.